The number of para-hydroxylation sites is 1. The highest BCUT2D eigenvalue weighted by molar-refractivity contribution is 7.99. The van der Waals surface area contributed by atoms with Crippen LogP contribution in [0.4, 0.5) is 11.4 Å². The smallest absolute Gasteiger partial charge is 0.234 e. The lowest BCUT2D eigenvalue weighted by molar-refractivity contribution is -0.113. The van der Waals surface area contributed by atoms with Crippen LogP contribution in [0, 0.1) is 13.8 Å². The lowest BCUT2D eigenvalue weighted by atomic mass is 10.1. The Labute approximate surface area is 193 Å². The minimum atomic E-state index is -3.52. The lowest BCUT2D eigenvalue weighted by Gasteiger charge is -2.22. The molecule has 1 aromatic heterocycles. The summed E-state index contributed by atoms with van der Waals surface area (Å²) in [6, 6.07) is 14.7. The highest BCUT2D eigenvalue weighted by Gasteiger charge is 2.22. The molecule has 32 heavy (non-hydrogen) atoms. The minimum absolute atomic E-state index is 0.0546. The van der Waals surface area contributed by atoms with Gasteiger partial charge in [-0.3, -0.25) is 9.10 Å². The second-order valence-electron chi connectivity index (χ2n) is 7.38. The molecule has 1 heterocycles. The molecule has 170 valence electrons. The zero-order valence-electron chi connectivity index (χ0n) is 18.6. The molecule has 0 bridgehead atoms. The second kappa shape index (κ2) is 10.2. The number of thioether (sulfide) groups is 1. The molecule has 0 saturated carbocycles. The number of amides is 1. The van der Waals surface area contributed by atoms with Crippen LogP contribution in [0.3, 0.4) is 0 Å². The van der Waals surface area contributed by atoms with Crippen molar-refractivity contribution in [3.8, 4) is 0 Å². The Morgan fingerprint density at radius 1 is 1.09 bits per heavy atom. The van der Waals surface area contributed by atoms with E-state index in [0.29, 0.717) is 23.2 Å². The van der Waals surface area contributed by atoms with E-state index in [1.807, 2.05) is 49.6 Å². The van der Waals surface area contributed by atoms with Crippen molar-refractivity contribution in [2.75, 3.05) is 21.6 Å². The highest BCUT2D eigenvalue weighted by atomic mass is 32.2. The fraction of sp³-hybridized carbons (Fsp3) is 0.318. The zero-order chi connectivity index (χ0) is 23.3. The molecular formula is C22H27N5O3S2. The number of hydrogen-bond donors (Lipinski definition) is 1. The predicted octanol–water partition coefficient (Wildman–Crippen LogP) is 3.61. The minimum Gasteiger partial charge on any atom is -0.325 e. The molecule has 0 aliphatic heterocycles. The van der Waals surface area contributed by atoms with Crippen molar-refractivity contribution in [1.29, 1.82) is 0 Å². The summed E-state index contributed by atoms with van der Waals surface area (Å²) in [5.41, 5.74) is 3.59. The summed E-state index contributed by atoms with van der Waals surface area (Å²) in [6.07, 6.45) is 1.17. The SMILES string of the molecule is CCn1c(CN(c2ccccc2)S(C)(=O)=O)nnc1SCC(=O)Nc1ccc(C)c(C)c1. The number of hydrogen-bond acceptors (Lipinski definition) is 6. The van der Waals surface area contributed by atoms with Crippen molar-refractivity contribution in [3.05, 3.63) is 65.5 Å². The van der Waals surface area contributed by atoms with E-state index in [1.165, 1.54) is 27.9 Å². The summed E-state index contributed by atoms with van der Waals surface area (Å²) in [7, 11) is -3.52. The van der Waals surface area contributed by atoms with Crippen molar-refractivity contribution in [2.24, 2.45) is 0 Å². The maximum atomic E-state index is 12.4. The molecule has 0 unspecified atom stereocenters. The fourth-order valence-electron chi connectivity index (χ4n) is 3.13. The third kappa shape index (κ3) is 5.89. The van der Waals surface area contributed by atoms with E-state index < -0.39 is 10.0 Å². The van der Waals surface area contributed by atoms with E-state index in [0.717, 1.165) is 11.3 Å². The summed E-state index contributed by atoms with van der Waals surface area (Å²) >= 11 is 1.27. The van der Waals surface area contributed by atoms with Crippen molar-refractivity contribution in [1.82, 2.24) is 14.8 Å². The van der Waals surface area contributed by atoms with Gasteiger partial charge in [-0.15, -0.1) is 10.2 Å². The van der Waals surface area contributed by atoms with Crippen molar-refractivity contribution in [2.45, 2.75) is 39.0 Å². The quantitative estimate of drug-likeness (QED) is 0.477. The topological polar surface area (TPSA) is 97.2 Å². The van der Waals surface area contributed by atoms with Gasteiger partial charge in [0.2, 0.25) is 15.9 Å². The molecule has 8 nitrogen and oxygen atoms in total. The first-order chi connectivity index (χ1) is 15.2. The van der Waals surface area contributed by atoms with Gasteiger partial charge in [0.25, 0.3) is 0 Å². The lowest BCUT2D eigenvalue weighted by Crippen LogP contribution is -2.30. The largest absolute Gasteiger partial charge is 0.325 e. The maximum Gasteiger partial charge on any atom is 0.234 e. The molecule has 0 fully saturated rings. The Kier molecular flexibility index (Phi) is 7.57. The first-order valence-electron chi connectivity index (χ1n) is 10.1. The van der Waals surface area contributed by atoms with Gasteiger partial charge in [0.1, 0.15) is 0 Å². The van der Waals surface area contributed by atoms with Gasteiger partial charge in [0, 0.05) is 12.2 Å². The molecule has 3 rings (SSSR count). The number of nitrogens with zero attached hydrogens (tertiary/aromatic N) is 4. The van der Waals surface area contributed by atoms with Gasteiger partial charge in [0.15, 0.2) is 11.0 Å². The van der Waals surface area contributed by atoms with Gasteiger partial charge in [0.05, 0.1) is 24.2 Å². The van der Waals surface area contributed by atoms with Crippen molar-refractivity contribution in [3.63, 3.8) is 0 Å². The second-order valence-corrected chi connectivity index (χ2v) is 10.2. The highest BCUT2D eigenvalue weighted by Crippen LogP contribution is 2.23. The van der Waals surface area contributed by atoms with Crippen LogP contribution < -0.4 is 9.62 Å². The van der Waals surface area contributed by atoms with Crippen LogP contribution in [-0.4, -0.2) is 41.1 Å². The zero-order valence-corrected chi connectivity index (χ0v) is 20.2. The number of aromatic nitrogens is 3. The summed E-state index contributed by atoms with van der Waals surface area (Å²) in [4.78, 5) is 12.4. The third-order valence-corrected chi connectivity index (χ3v) is 7.07. The van der Waals surface area contributed by atoms with Crippen molar-refractivity contribution >= 4 is 39.1 Å². The first-order valence-corrected chi connectivity index (χ1v) is 13.0. The number of anilines is 2. The van der Waals surface area contributed by atoms with Crippen molar-refractivity contribution < 1.29 is 13.2 Å². The van der Waals surface area contributed by atoms with E-state index in [-0.39, 0.29) is 18.2 Å². The van der Waals surface area contributed by atoms with Gasteiger partial charge in [-0.2, -0.15) is 0 Å². The number of nitrogens with one attached hydrogen (secondary N) is 1. The summed E-state index contributed by atoms with van der Waals surface area (Å²) in [5.74, 6) is 0.533. The normalized spacial score (nSPS) is 11.4. The Hall–Kier alpha value is -2.85. The molecule has 3 aromatic rings. The number of rotatable bonds is 9. The average Bonchev–Trinajstić information content (AvgIpc) is 3.14. The molecule has 2 aromatic carbocycles. The summed E-state index contributed by atoms with van der Waals surface area (Å²) < 4.78 is 27.9. The Morgan fingerprint density at radius 3 is 2.44 bits per heavy atom. The number of carbonyl (C=O) groups is 1. The van der Waals surface area contributed by atoms with E-state index in [9.17, 15) is 13.2 Å². The third-order valence-electron chi connectivity index (χ3n) is 4.96. The van der Waals surface area contributed by atoms with Gasteiger partial charge in [-0.05, 0) is 56.2 Å². The van der Waals surface area contributed by atoms with Crippen LogP contribution in [0.25, 0.3) is 0 Å². The number of carbonyl (C=O) groups excluding carboxylic acids is 1. The number of aryl methyl sites for hydroxylation is 2. The summed E-state index contributed by atoms with van der Waals surface area (Å²) in [6.45, 7) is 6.56. The number of sulfonamides is 1. The van der Waals surface area contributed by atoms with Crippen LogP contribution in [-0.2, 0) is 27.9 Å². The van der Waals surface area contributed by atoms with Gasteiger partial charge in [-0.1, -0.05) is 36.0 Å². The van der Waals surface area contributed by atoms with Crippen LogP contribution in [0.15, 0.2) is 53.7 Å². The van der Waals surface area contributed by atoms with E-state index in [2.05, 4.69) is 15.5 Å². The molecule has 1 N–H and O–H groups in total. The van der Waals surface area contributed by atoms with Crippen LogP contribution >= 0.6 is 11.8 Å². The molecule has 0 radical (unpaired) electrons. The summed E-state index contributed by atoms with van der Waals surface area (Å²) in [5, 5.41) is 11.9. The molecular weight excluding hydrogens is 446 g/mol. The van der Waals surface area contributed by atoms with Crippen LogP contribution in [0.5, 0.6) is 0 Å². The molecule has 0 saturated heterocycles. The first kappa shape index (κ1) is 23.8. The van der Waals surface area contributed by atoms with Gasteiger partial charge in [-0.25, -0.2) is 8.42 Å². The standard InChI is InChI=1S/C22H27N5O3S2/c1-5-26-20(14-27(32(4,29)30)19-9-7-6-8-10-19)24-25-22(26)31-15-21(28)23-18-12-11-16(2)17(3)13-18/h6-13H,5,14-15H2,1-4H3,(H,23,28). The maximum absolute atomic E-state index is 12.4. The Balaban J connectivity index is 1.71. The van der Waals surface area contributed by atoms with E-state index in [1.54, 1.807) is 24.3 Å². The van der Waals surface area contributed by atoms with Crippen LogP contribution in [0.2, 0.25) is 0 Å². The van der Waals surface area contributed by atoms with E-state index >= 15 is 0 Å². The monoisotopic (exact) mass is 473 g/mol. The Bertz CT molecular complexity index is 1190. The average molecular weight is 474 g/mol. The molecule has 0 aliphatic rings. The molecule has 1 amide bonds. The van der Waals surface area contributed by atoms with Crippen LogP contribution in [0.1, 0.15) is 23.9 Å². The molecule has 0 atom stereocenters. The van der Waals surface area contributed by atoms with Gasteiger partial charge < -0.3 is 9.88 Å². The predicted molar refractivity (Wildman–Crippen MR) is 128 cm³/mol. The van der Waals surface area contributed by atoms with Gasteiger partial charge >= 0.3 is 0 Å². The molecule has 0 aliphatic carbocycles. The number of benzene rings is 2. The molecule has 10 heteroatoms. The van der Waals surface area contributed by atoms with E-state index in [4.69, 9.17) is 0 Å². The fourth-order valence-corrected chi connectivity index (χ4v) is 4.81. The molecule has 0 spiro atoms. The Morgan fingerprint density at radius 2 is 1.81 bits per heavy atom.